The highest BCUT2D eigenvalue weighted by Gasteiger charge is 2.22. The summed E-state index contributed by atoms with van der Waals surface area (Å²) in [6.07, 6.45) is 1.96. The molecule has 17 heavy (non-hydrogen) atoms. The van der Waals surface area contributed by atoms with Crippen LogP contribution in [-0.2, 0) is 4.74 Å². The van der Waals surface area contributed by atoms with Gasteiger partial charge < -0.3 is 4.74 Å². The molecule has 0 spiro atoms. The molecule has 1 unspecified atom stereocenters. The van der Waals surface area contributed by atoms with Gasteiger partial charge in [-0.3, -0.25) is 4.79 Å². The number of benzene rings is 1. The number of Topliss-reactive ketones (excluding diaryl/α,β-unsaturated/α-hetero) is 1. The molecule has 1 aliphatic rings. The first kappa shape index (κ1) is 12.3. The van der Waals surface area contributed by atoms with Crippen LogP contribution >= 0.6 is 0 Å². The first-order chi connectivity index (χ1) is 8.18. The topological polar surface area (TPSA) is 26.3 Å². The van der Waals surface area contributed by atoms with Gasteiger partial charge in [0.05, 0.1) is 6.61 Å². The van der Waals surface area contributed by atoms with E-state index in [9.17, 15) is 4.79 Å². The summed E-state index contributed by atoms with van der Waals surface area (Å²) in [6, 6.07) is 8.02. The Balaban J connectivity index is 2.08. The molecule has 1 heterocycles. The predicted molar refractivity (Wildman–Crippen MR) is 68.4 cm³/mol. The zero-order valence-electron chi connectivity index (χ0n) is 10.6. The zero-order chi connectivity index (χ0) is 12.3. The molecule has 1 saturated heterocycles. The highest BCUT2D eigenvalue weighted by atomic mass is 16.5. The molecule has 0 aromatic heterocycles. The number of hydrogen-bond acceptors (Lipinski definition) is 2. The summed E-state index contributed by atoms with van der Waals surface area (Å²) in [4.78, 5) is 12.2. The van der Waals surface area contributed by atoms with Gasteiger partial charge in [-0.25, -0.2) is 0 Å². The van der Waals surface area contributed by atoms with Crippen LogP contribution < -0.4 is 0 Å². The van der Waals surface area contributed by atoms with Crippen molar-refractivity contribution in [3.8, 4) is 0 Å². The molecule has 0 N–H and O–H groups in total. The SMILES string of the molecule is CC(C)c1ccc(C(=O)C2CCCOC2)cc1. The van der Waals surface area contributed by atoms with Crippen molar-refractivity contribution in [2.24, 2.45) is 5.92 Å². The fourth-order valence-electron chi connectivity index (χ4n) is 2.22. The largest absolute Gasteiger partial charge is 0.381 e. The van der Waals surface area contributed by atoms with Crippen molar-refractivity contribution in [1.82, 2.24) is 0 Å². The molecule has 1 aliphatic heterocycles. The van der Waals surface area contributed by atoms with Gasteiger partial charge in [0, 0.05) is 18.1 Å². The molecule has 0 saturated carbocycles. The standard InChI is InChI=1S/C15H20O2/c1-11(2)12-5-7-13(8-6-12)15(16)14-4-3-9-17-10-14/h5-8,11,14H,3-4,9-10H2,1-2H3. The first-order valence-corrected chi connectivity index (χ1v) is 6.40. The second kappa shape index (κ2) is 5.46. The average molecular weight is 232 g/mol. The van der Waals surface area contributed by atoms with E-state index >= 15 is 0 Å². The van der Waals surface area contributed by atoms with E-state index in [1.807, 2.05) is 12.1 Å². The Morgan fingerprint density at radius 3 is 2.53 bits per heavy atom. The number of carbonyl (C=O) groups is 1. The normalized spacial score (nSPS) is 20.5. The smallest absolute Gasteiger partial charge is 0.168 e. The van der Waals surface area contributed by atoms with Gasteiger partial charge in [0.25, 0.3) is 0 Å². The quantitative estimate of drug-likeness (QED) is 0.746. The van der Waals surface area contributed by atoms with Crippen molar-refractivity contribution < 1.29 is 9.53 Å². The van der Waals surface area contributed by atoms with Crippen molar-refractivity contribution in [3.63, 3.8) is 0 Å². The molecule has 0 bridgehead atoms. The Morgan fingerprint density at radius 2 is 2.00 bits per heavy atom. The monoisotopic (exact) mass is 232 g/mol. The van der Waals surface area contributed by atoms with Crippen LogP contribution in [0.25, 0.3) is 0 Å². The van der Waals surface area contributed by atoms with Crippen LogP contribution in [-0.4, -0.2) is 19.0 Å². The van der Waals surface area contributed by atoms with Gasteiger partial charge in [0.15, 0.2) is 5.78 Å². The lowest BCUT2D eigenvalue weighted by Crippen LogP contribution is -2.25. The van der Waals surface area contributed by atoms with Gasteiger partial charge in [-0.1, -0.05) is 38.1 Å². The molecule has 1 fully saturated rings. The Kier molecular flexibility index (Phi) is 3.95. The van der Waals surface area contributed by atoms with E-state index < -0.39 is 0 Å². The molecule has 1 aromatic rings. The van der Waals surface area contributed by atoms with Gasteiger partial charge in [0.2, 0.25) is 0 Å². The Hall–Kier alpha value is -1.15. The van der Waals surface area contributed by atoms with Gasteiger partial charge in [0.1, 0.15) is 0 Å². The third kappa shape index (κ3) is 2.95. The second-order valence-corrected chi connectivity index (χ2v) is 5.06. The van der Waals surface area contributed by atoms with E-state index in [-0.39, 0.29) is 11.7 Å². The minimum Gasteiger partial charge on any atom is -0.381 e. The molecule has 0 radical (unpaired) electrons. The highest BCUT2D eigenvalue weighted by Crippen LogP contribution is 2.21. The van der Waals surface area contributed by atoms with Gasteiger partial charge in [-0.2, -0.15) is 0 Å². The van der Waals surface area contributed by atoms with E-state index in [1.54, 1.807) is 0 Å². The summed E-state index contributed by atoms with van der Waals surface area (Å²) in [6.45, 7) is 5.71. The Labute approximate surface area is 103 Å². The van der Waals surface area contributed by atoms with E-state index in [1.165, 1.54) is 5.56 Å². The van der Waals surface area contributed by atoms with E-state index in [0.29, 0.717) is 12.5 Å². The Morgan fingerprint density at radius 1 is 1.29 bits per heavy atom. The van der Waals surface area contributed by atoms with Gasteiger partial charge >= 0.3 is 0 Å². The maximum absolute atomic E-state index is 12.2. The number of ketones is 1. The van der Waals surface area contributed by atoms with E-state index in [2.05, 4.69) is 26.0 Å². The van der Waals surface area contributed by atoms with Gasteiger partial charge in [-0.15, -0.1) is 0 Å². The maximum Gasteiger partial charge on any atom is 0.168 e. The maximum atomic E-state index is 12.2. The van der Waals surface area contributed by atoms with Crippen molar-refractivity contribution in [2.45, 2.75) is 32.6 Å². The van der Waals surface area contributed by atoms with Crippen molar-refractivity contribution >= 4 is 5.78 Å². The number of carbonyl (C=O) groups excluding carboxylic acids is 1. The fourth-order valence-corrected chi connectivity index (χ4v) is 2.22. The first-order valence-electron chi connectivity index (χ1n) is 6.40. The summed E-state index contributed by atoms with van der Waals surface area (Å²) < 4.78 is 5.37. The summed E-state index contributed by atoms with van der Waals surface area (Å²) in [7, 11) is 0. The van der Waals surface area contributed by atoms with Crippen molar-refractivity contribution in [3.05, 3.63) is 35.4 Å². The predicted octanol–water partition coefficient (Wildman–Crippen LogP) is 3.42. The molecule has 1 aromatic carbocycles. The second-order valence-electron chi connectivity index (χ2n) is 5.06. The lowest BCUT2D eigenvalue weighted by Gasteiger charge is -2.21. The van der Waals surface area contributed by atoms with Crippen LogP contribution in [0.3, 0.4) is 0 Å². The molecular formula is C15H20O2. The van der Waals surface area contributed by atoms with Crippen LogP contribution in [0.15, 0.2) is 24.3 Å². The molecule has 2 heteroatoms. The number of ether oxygens (including phenoxy) is 1. The summed E-state index contributed by atoms with van der Waals surface area (Å²) in [5, 5.41) is 0. The number of hydrogen-bond donors (Lipinski definition) is 0. The fraction of sp³-hybridized carbons (Fsp3) is 0.533. The summed E-state index contributed by atoms with van der Waals surface area (Å²) in [5.41, 5.74) is 2.10. The lowest BCUT2D eigenvalue weighted by molar-refractivity contribution is 0.0461. The van der Waals surface area contributed by atoms with E-state index in [4.69, 9.17) is 4.74 Å². The Bertz CT molecular complexity index is 372. The molecule has 2 nitrogen and oxygen atoms in total. The molecule has 1 atom stereocenters. The lowest BCUT2D eigenvalue weighted by atomic mass is 9.91. The molecular weight excluding hydrogens is 212 g/mol. The van der Waals surface area contributed by atoms with Crippen LogP contribution in [0.5, 0.6) is 0 Å². The molecule has 92 valence electrons. The number of rotatable bonds is 3. The third-order valence-electron chi connectivity index (χ3n) is 3.39. The van der Waals surface area contributed by atoms with Crippen LogP contribution in [0.2, 0.25) is 0 Å². The van der Waals surface area contributed by atoms with Gasteiger partial charge in [-0.05, 0) is 24.3 Å². The molecule has 2 rings (SSSR count). The minimum absolute atomic E-state index is 0.0636. The minimum atomic E-state index is 0.0636. The summed E-state index contributed by atoms with van der Waals surface area (Å²) >= 11 is 0. The van der Waals surface area contributed by atoms with Crippen LogP contribution in [0.4, 0.5) is 0 Å². The highest BCUT2D eigenvalue weighted by molar-refractivity contribution is 5.98. The van der Waals surface area contributed by atoms with Crippen LogP contribution in [0, 0.1) is 5.92 Å². The van der Waals surface area contributed by atoms with E-state index in [0.717, 1.165) is 25.0 Å². The zero-order valence-corrected chi connectivity index (χ0v) is 10.6. The third-order valence-corrected chi connectivity index (χ3v) is 3.39. The van der Waals surface area contributed by atoms with Crippen molar-refractivity contribution in [2.75, 3.05) is 13.2 Å². The molecule has 0 amide bonds. The summed E-state index contributed by atoms with van der Waals surface area (Å²) in [5.74, 6) is 0.811. The van der Waals surface area contributed by atoms with Crippen LogP contribution in [0.1, 0.15) is 48.5 Å². The average Bonchev–Trinajstić information content (AvgIpc) is 2.39. The molecule has 0 aliphatic carbocycles. The van der Waals surface area contributed by atoms with Crippen molar-refractivity contribution in [1.29, 1.82) is 0 Å².